The summed E-state index contributed by atoms with van der Waals surface area (Å²) in [7, 11) is 0. The minimum Gasteiger partial charge on any atom is -0.329 e. The normalized spacial score (nSPS) is 10.2. The highest BCUT2D eigenvalue weighted by molar-refractivity contribution is 7.71. The summed E-state index contributed by atoms with van der Waals surface area (Å²) < 4.78 is 16.0. The summed E-state index contributed by atoms with van der Waals surface area (Å²) in [6.45, 7) is 0. The molecule has 0 unspecified atom stereocenters. The van der Waals surface area contributed by atoms with Gasteiger partial charge in [0, 0.05) is 0 Å². The number of para-hydroxylation sites is 1. The fraction of sp³-hybridized carbons (Fsp3) is 0. The molecule has 0 aliphatic rings. The minimum atomic E-state index is -0.548. The van der Waals surface area contributed by atoms with Crippen molar-refractivity contribution in [2.45, 2.75) is 0 Å². The Labute approximate surface area is 124 Å². The van der Waals surface area contributed by atoms with Crippen LogP contribution in [0.5, 0.6) is 0 Å². The fourth-order valence-corrected chi connectivity index (χ4v) is 2.52. The number of hydrogen-bond acceptors (Lipinski definition) is 3. The molecule has 3 aromatic rings. The molecule has 0 saturated heterocycles. The van der Waals surface area contributed by atoms with Gasteiger partial charge < -0.3 is 4.98 Å². The Morgan fingerprint density at radius 2 is 1.95 bits per heavy atom. The minimum absolute atomic E-state index is 0.236. The van der Waals surface area contributed by atoms with Gasteiger partial charge in [-0.25, -0.2) is 4.39 Å². The van der Waals surface area contributed by atoms with Crippen LogP contribution >= 0.6 is 12.2 Å². The zero-order valence-electron chi connectivity index (χ0n) is 10.6. The molecule has 2 aromatic carbocycles. The third-order valence-electron chi connectivity index (χ3n) is 3.16. The zero-order valence-corrected chi connectivity index (χ0v) is 11.4. The van der Waals surface area contributed by atoms with Crippen molar-refractivity contribution >= 4 is 23.3 Å². The third-order valence-corrected chi connectivity index (χ3v) is 3.44. The Kier molecular flexibility index (Phi) is 3.02. The monoisotopic (exact) mass is 294 g/mol. The molecule has 1 heterocycles. The van der Waals surface area contributed by atoms with Crippen molar-refractivity contribution in [3.05, 3.63) is 58.1 Å². The quantitative estimate of drug-likeness (QED) is 0.698. The predicted octanol–water partition coefficient (Wildman–Crippen LogP) is 3.57. The first-order valence-corrected chi connectivity index (χ1v) is 6.40. The molecule has 0 spiro atoms. The van der Waals surface area contributed by atoms with Crippen LogP contribution in [0.2, 0.25) is 0 Å². The summed E-state index contributed by atoms with van der Waals surface area (Å²) in [6, 6.07) is 13.2. The average molecular weight is 294 g/mol. The van der Waals surface area contributed by atoms with E-state index in [2.05, 4.69) is 11.1 Å². The fourth-order valence-electron chi connectivity index (χ4n) is 2.22. The van der Waals surface area contributed by atoms with Crippen molar-refractivity contribution in [3.8, 4) is 17.8 Å². The number of benzene rings is 2. The number of aromatic nitrogens is 2. The van der Waals surface area contributed by atoms with Crippen LogP contribution in [0, 0.1) is 33.3 Å². The molecule has 0 amide bonds. The molecule has 0 aliphatic heterocycles. The highest BCUT2D eigenvalue weighted by Crippen LogP contribution is 2.24. The number of nitrogens with zero attached hydrogens (tertiary/aromatic N) is 3. The molecular weight excluding hydrogens is 287 g/mol. The maximum atomic E-state index is 14.2. The molecule has 0 saturated carbocycles. The van der Waals surface area contributed by atoms with Gasteiger partial charge in [-0.05, 0) is 42.5 Å². The van der Waals surface area contributed by atoms with Gasteiger partial charge in [0.1, 0.15) is 11.9 Å². The van der Waals surface area contributed by atoms with Gasteiger partial charge in [-0.2, -0.15) is 10.5 Å². The highest BCUT2D eigenvalue weighted by atomic mass is 32.1. The van der Waals surface area contributed by atoms with Crippen molar-refractivity contribution in [1.29, 1.82) is 10.5 Å². The second-order valence-corrected chi connectivity index (χ2v) is 4.74. The second kappa shape index (κ2) is 4.86. The van der Waals surface area contributed by atoms with Crippen molar-refractivity contribution in [3.63, 3.8) is 0 Å². The molecule has 0 atom stereocenters. The second-order valence-electron chi connectivity index (χ2n) is 4.36. The number of imidazole rings is 1. The predicted molar refractivity (Wildman–Crippen MR) is 77.8 cm³/mol. The number of rotatable bonds is 1. The first-order chi connectivity index (χ1) is 10.2. The first-order valence-electron chi connectivity index (χ1n) is 5.99. The maximum Gasteiger partial charge on any atom is 0.182 e. The lowest BCUT2D eigenvalue weighted by Gasteiger charge is -2.06. The van der Waals surface area contributed by atoms with E-state index >= 15 is 0 Å². The summed E-state index contributed by atoms with van der Waals surface area (Å²) in [5, 5.41) is 17.9. The van der Waals surface area contributed by atoms with Crippen LogP contribution in [-0.4, -0.2) is 9.55 Å². The molecule has 0 bridgehead atoms. The molecule has 0 aliphatic carbocycles. The van der Waals surface area contributed by atoms with Crippen molar-refractivity contribution < 1.29 is 4.39 Å². The van der Waals surface area contributed by atoms with Crippen LogP contribution in [0.15, 0.2) is 36.4 Å². The van der Waals surface area contributed by atoms with Crippen LogP contribution in [0.3, 0.4) is 0 Å². The lowest BCUT2D eigenvalue weighted by molar-refractivity contribution is 0.618. The van der Waals surface area contributed by atoms with Gasteiger partial charge in [0.2, 0.25) is 0 Å². The van der Waals surface area contributed by atoms with Crippen LogP contribution < -0.4 is 0 Å². The maximum absolute atomic E-state index is 14.2. The van der Waals surface area contributed by atoms with E-state index < -0.39 is 5.82 Å². The van der Waals surface area contributed by atoms with E-state index in [4.69, 9.17) is 22.7 Å². The summed E-state index contributed by atoms with van der Waals surface area (Å²) >= 11 is 5.23. The lowest BCUT2D eigenvalue weighted by atomic mass is 10.2. The zero-order chi connectivity index (χ0) is 15.0. The number of H-pyrrole nitrogens is 1. The molecule has 3 rings (SSSR count). The average Bonchev–Trinajstić information content (AvgIpc) is 2.83. The SMILES string of the molecule is N#Cc1ccc(-n2c(=S)[nH]c3c(C#N)cccc32)c(F)c1. The molecule has 0 radical (unpaired) electrons. The van der Waals surface area contributed by atoms with E-state index in [1.54, 1.807) is 18.2 Å². The van der Waals surface area contributed by atoms with Crippen molar-refractivity contribution in [2.75, 3.05) is 0 Å². The molecule has 0 fully saturated rings. The molecule has 1 N–H and O–H groups in total. The Hall–Kier alpha value is -2.96. The first kappa shape index (κ1) is 13.0. The van der Waals surface area contributed by atoms with E-state index in [0.29, 0.717) is 16.6 Å². The Morgan fingerprint density at radius 1 is 1.14 bits per heavy atom. The van der Waals surface area contributed by atoms with Gasteiger partial charge >= 0.3 is 0 Å². The van der Waals surface area contributed by atoms with Gasteiger partial charge in [-0.1, -0.05) is 6.07 Å². The van der Waals surface area contributed by atoms with Crippen LogP contribution in [0.1, 0.15) is 11.1 Å². The third kappa shape index (κ3) is 1.99. The Balaban J connectivity index is 2.37. The summed E-state index contributed by atoms with van der Waals surface area (Å²) in [5.74, 6) is -0.548. The highest BCUT2D eigenvalue weighted by Gasteiger charge is 2.13. The van der Waals surface area contributed by atoms with Crippen LogP contribution in [0.25, 0.3) is 16.7 Å². The molecular formula is C15H7FN4S. The molecule has 21 heavy (non-hydrogen) atoms. The van der Waals surface area contributed by atoms with E-state index in [9.17, 15) is 4.39 Å². The Morgan fingerprint density at radius 3 is 2.62 bits per heavy atom. The smallest absolute Gasteiger partial charge is 0.182 e. The molecule has 6 heteroatoms. The number of halogens is 1. The van der Waals surface area contributed by atoms with E-state index in [1.807, 2.05) is 6.07 Å². The lowest BCUT2D eigenvalue weighted by Crippen LogP contribution is -1.98. The standard InChI is InChI=1S/C15H7FN4S/c16-11-6-9(7-17)4-5-12(11)20-13-3-1-2-10(8-18)14(13)19-15(20)21/h1-6H,(H,19,21). The van der Waals surface area contributed by atoms with Crippen molar-refractivity contribution in [2.24, 2.45) is 0 Å². The summed E-state index contributed by atoms with van der Waals surface area (Å²) in [5.41, 5.74) is 2.09. The number of hydrogen-bond donors (Lipinski definition) is 1. The topological polar surface area (TPSA) is 68.3 Å². The Bertz CT molecular complexity index is 1000. The number of nitrogens with one attached hydrogen (secondary N) is 1. The van der Waals surface area contributed by atoms with E-state index in [0.717, 1.165) is 6.07 Å². The number of nitriles is 2. The van der Waals surface area contributed by atoms with Gasteiger partial charge in [0.25, 0.3) is 0 Å². The van der Waals surface area contributed by atoms with Crippen LogP contribution in [0.4, 0.5) is 4.39 Å². The number of fused-ring (bicyclic) bond motifs is 1. The molecule has 4 nitrogen and oxygen atoms in total. The summed E-state index contributed by atoms with van der Waals surface area (Å²) in [6.07, 6.45) is 0. The van der Waals surface area contributed by atoms with Gasteiger partial charge in [-0.15, -0.1) is 0 Å². The molecule has 1 aromatic heterocycles. The number of aromatic amines is 1. The van der Waals surface area contributed by atoms with Crippen molar-refractivity contribution in [1.82, 2.24) is 9.55 Å². The molecule has 100 valence electrons. The van der Waals surface area contributed by atoms with Crippen LogP contribution in [-0.2, 0) is 0 Å². The van der Waals surface area contributed by atoms with Gasteiger partial charge in [0.15, 0.2) is 4.77 Å². The van der Waals surface area contributed by atoms with E-state index in [1.165, 1.54) is 16.7 Å². The van der Waals surface area contributed by atoms with E-state index in [-0.39, 0.29) is 16.0 Å². The van der Waals surface area contributed by atoms with Gasteiger partial charge in [-0.3, -0.25) is 4.57 Å². The van der Waals surface area contributed by atoms with Gasteiger partial charge in [0.05, 0.1) is 33.9 Å². The largest absolute Gasteiger partial charge is 0.329 e. The summed E-state index contributed by atoms with van der Waals surface area (Å²) in [4.78, 5) is 2.92.